The first-order valence-electron chi connectivity index (χ1n) is 15.0. The van der Waals surface area contributed by atoms with E-state index < -0.39 is 11.5 Å². The lowest BCUT2D eigenvalue weighted by molar-refractivity contribution is -0.144. The number of nitrogens with zero attached hydrogens (tertiary/aromatic N) is 2. The number of rotatable bonds is 9. The Bertz CT molecular complexity index is 953. The summed E-state index contributed by atoms with van der Waals surface area (Å²) in [5.74, 6) is 1.92. The molecule has 1 saturated carbocycles. The summed E-state index contributed by atoms with van der Waals surface area (Å²) in [6, 6.07) is 10.4. The Balaban J connectivity index is 1.34. The van der Waals surface area contributed by atoms with Crippen molar-refractivity contribution in [2.45, 2.75) is 103 Å². The smallest absolute Gasteiger partial charge is 0.244 e. The number of nitrogens with one attached hydrogen (secondary N) is 2. The fourth-order valence-corrected chi connectivity index (χ4v) is 7.58. The van der Waals surface area contributed by atoms with Gasteiger partial charge in [-0.25, -0.2) is 0 Å². The molecule has 1 aliphatic carbocycles. The summed E-state index contributed by atoms with van der Waals surface area (Å²) in [6.07, 6.45) is 10.6. The van der Waals surface area contributed by atoms with Crippen molar-refractivity contribution >= 4 is 40.8 Å². The number of thiocarbonyl (C=S) groups is 1. The van der Waals surface area contributed by atoms with E-state index in [1.807, 2.05) is 20.8 Å². The molecule has 2 aliphatic heterocycles. The lowest BCUT2D eigenvalue weighted by Crippen LogP contribution is -2.56. The van der Waals surface area contributed by atoms with Gasteiger partial charge in [0.05, 0.1) is 16.9 Å². The van der Waals surface area contributed by atoms with Crippen LogP contribution in [0.1, 0.15) is 84.1 Å². The maximum absolute atomic E-state index is 13.5. The maximum Gasteiger partial charge on any atom is 0.244 e. The minimum Gasteiger partial charge on any atom is -0.375 e. The first-order valence-corrected chi connectivity index (χ1v) is 16.5. The molecule has 0 bridgehead atoms. The molecule has 1 aromatic carbocycles. The van der Waals surface area contributed by atoms with Gasteiger partial charge in [-0.05, 0) is 37.2 Å². The Morgan fingerprint density at radius 3 is 2.41 bits per heavy atom. The first-order chi connectivity index (χ1) is 18.7. The molecule has 2 amide bonds. The number of hydrogen-bond acceptors (Lipinski definition) is 5. The van der Waals surface area contributed by atoms with Crippen LogP contribution in [0, 0.1) is 11.3 Å². The number of amides is 2. The normalized spacial score (nSPS) is 22.4. The van der Waals surface area contributed by atoms with Crippen LogP contribution in [-0.2, 0) is 16.1 Å². The van der Waals surface area contributed by atoms with Gasteiger partial charge in [0, 0.05) is 36.8 Å². The van der Waals surface area contributed by atoms with Crippen LogP contribution < -0.4 is 10.6 Å². The molecule has 2 atom stereocenters. The molecule has 0 unspecified atom stereocenters. The number of thioether (sulfide) groups is 1. The number of benzene rings is 1. The molecule has 4 rings (SSSR count). The van der Waals surface area contributed by atoms with Crippen LogP contribution in [0.2, 0.25) is 0 Å². The Morgan fingerprint density at radius 1 is 1.05 bits per heavy atom. The average Bonchev–Trinajstić information content (AvgIpc) is 3.42. The van der Waals surface area contributed by atoms with Gasteiger partial charge in [-0.15, -0.1) is 11.8 Å². The summed E-state index contributed by atoms with van der Waals surface area (Å²) < 4.78 is 0. The quantitative estimate of drug-likeness (QED) is 0.389. The summed E-state index contributed by atoms with van der Waals surface area (Å²) in [5, 5.41) is 6.95. The van der Waals surface area contributed by atoms with Gasteiger partial charge in [0.2, 0.25) is 11.8 Å². The first kappa shape index (κ1) is 30.3. The van der Waals surface area contributed by atoms with E-state index in [0.29, 0.717) is 17.7 Å². The van der Waals surface area contributed by atoms with Crippen LogP contribution >= 0.6 is 24.0 Å². The molecular formula is C31H48N4O2S2. The largest absolute Gasteiger partial charge is 0.375 e. The zero-order valence-electron chi connectivity index (χ0n) is 24.1. The molecule has 3 fully saturated rings. The molecule has 39 heavy (non-hydrogen) atoms. The standard InChI is InChI=1S/C31H48N4O2S2/c1-31(2,3)30(37)35-22-39-21-27(35)28(36)33-26(15-14-23-10-6-4-7-11-23)29(38)32-25-16-18-34(19-17-25)20-24-12-8-5-9-13-24/h5,8-9,12-13,23,25-27H,4,6-7,10-11,14-22H2,1-3H3,(H,32,38)(H,33,36)/t26-,27+/m1/s1. The van der Waals surface area contributed by atoms with Crippen molar-refractivity contribution in [3.63, 3.8) is 0 Å². The summed E-state index contributed by atoms with van der Waals surface area (Å²) >= 11 is 7.62. The number of carbonyl (C=O) groups is 2. The van der Waals surface area contributed by atoms with E-state index in [2.05, 4.69) is 45.9 Å². The molecular weight excluding hydrogens is 525 g/mol. The van der Waals surface area contributed by atoms with Crippen molar-refractivity contribution in [3.05, 3.63) is 35.9 Å². The van der Waals surface area contributed by atoms with E-state index in [1.54, 1.807) is 16.7 Å². The topological polar surface area (TPSA) is 64.7 Å². The Labute approximate surface area is 245 Å². The van der Waals surface area contributed by atoms with E-state index in [1.165, 1.54) is 37.7 Å². The highest BCUT2D eigenvalue weighted by atomic mass is 32.2. The molecule has 0 spiro atoms. The van der Waals surface area contributed by atoms with Gasteiger partial charge in [-0.3, -0.25) is 14.5 Å². The Morgan fingerprint density at radius 2 is 1.74 bits per heavy atom. The molecule has 2 heterocycles. The van der Waals surface area contributed by atoms with Crippen molar-refractivity contribution < 1.29 is 9.59 Å². The van der Waals surface area contributed by atoms with Crippen LogP contribution in [-0.4, -0.2) is 69.4 Å². The molecule has 2 saturated heterocycles. The molecule has 8 heteroatoms. The van der Waals surface area contributed by atoms with Crippen LogP contribution in [0.5, 0.6) is 0 Å². The second-order valence-corrected chi connectivity index (χ2v) is 14.2. The molecule has 1 aromatic rings. The number of piperidine rings is 1. The zero-order valence-corrected chi connectivity index (χ0v) is 25.8. The second-order valence-electron chi connectivity index (χ2n) is 12.7. The maximum atomic E-state index is 13.5. The summed E-state index contributed by atoms with van der Waals surface area (Å²) in [4.78, 5) is 31.6. The van der Waals surface area contributed by atoms with E-state index in [4.69, 9.17) is 12.2 Å². The number of hydrogen-bond donors (Lipinski definition) is 2. The Hall–Kier alpha value is -1.64. The van der Waals surface area contributed by atoms with Crippen LogP contribution in [0.3, 0.4) is 0 Å². The van der Waals surface area contributed by atoms with E-state index >= 15 is 0 Å². The van der Waals surface area contributed by atoms with Gasteiger partial charge in [0.1, 0.15) is 6.04 Å². The van der Waals surface area contributed by atoms with Gasteiger partial charge < -0.3 is 15.5 Å². The summed E-state index contributed by atoms with van der Waals surface area (Å²) in [6.45, 7) is 8.83. The fraction of sp³-hybridized carbons (Fsp3) is 0.710. The average molecular weight is 573 g/mol. The van der Waals surface area contributed by atoms with Crippen LogP contribution in [0.15, 0.2) is 30.3 Å². The SMILES string of the molecule is CC(C)(C)C(=O)N1CSC[C@H]1C(=O)N[C@H](CCC1CCCCC1)C(=S)NC1CCN(Cc2ccccc2)CC1. The highest BCUT2D eigenvalue weighted by Gasteiger charge is 2.40. The highest BCUT2D eigenvalue weighted by molar-refractivity contribution is 7.99. The van der Waals surface area contributed by atoms with Gasteiger partial charge in [0.15, 0.2) is 0 Å². The van der Waals surface area contributed by atoms with Gasteiger partial charge in [-0.2, -0.15) is 0 Å². The molecule has 6 nitrogen and oxygen atoms in total. The second kappa shape index (κ2) is 14.3. The van der Waals surface area contributed by atoms with Crippen molar-refractivity contribution in [1.29, 1.82) is 0 Å². The minimum absolute atomic E-state index is 0.0365. The summed E-state index contributed by atoms with van der Waals surface area (Å²) in [7, 11) is 0. The molecule has 0 aromatic heterocycles. The van der Waals surface area contributed by atoms with E-state index in [9.17, 15) is 9.59 Å². The molecule has 2 N–H and O–H groups in total. The zero-order chi connectivity index (χ0) is 27.8. The molecule has 0 radical (unpaired) electrons. The van der Waals surface area contributed by atoms with E-state index in [-0.39, 0.29) is 17.9 Å². The van der Waals surface area contributed by atoms with Crippen molar-refractivity contribution in [2.75, 3.05) is 24.7 Å². The van der Waals surface area contributed by atoms with Crippen molar-refractivity contribution in [1.82, 2.24) is 20.4 Å². The summed E-state index contributed by atoms with van der Waals surface area (Å²) in [5.41, 5.74) is 0.852. The lowest BCUT2D eigenvalue weighted by atomic mass is 9.85. The Kier molecular flexibility index (Phi) is 11.1. The predicted molar refractivity (Wildman–Crippen MR) is 166 cm³/mol. The molecule has 216 valence electrons. The van der Waals surface area contributed by atoms with Crippen molar-refractivity contribution in [3.8, 4) is 0 Å². The lowest BCUT2D eigenvalue weighted by Gasteiger charge is -2.35. The van der Waals surface area contributed by atoms with Gasteiger partial charge in [-0.1, -0.05) is 95.4 Å². The third-order valence-corrected chi connectivity index (χ3v) is 9.91. The highest BCUT2D eigenvalue weighted by Crippen LogP contribution is 2.29. The van der Waals surface area contributed by atoms with Gasteiger partial charge in [0.25, 0.3) is 0 Å². The van der Waals surface area contributed by atoms with Crippen LogP contribution in [0.25, 0.3) is 0 Å². The number of carbonyl (C=O) groups excluding carboxylic acids is 2. The number of likely N-dealkylation sites (tertiary alicyclic amines) is 1. The third kappa shape index (κ3) is 8.92. The predicted octanol–water partition coefficient (Wildman–Crippen LogP) is 5.36. The van der Waals surface area contributed by atoms with E-state index in [0.717, 1.165) is 56.2 Å². The third-order valence-electron chi connectivity index (χ3n) is 8.49. The van der Waals surface area contributed by atoms with Gasteiger partial charge >= 0.3 is 0 Å². The van der Waals surface area contributed by atoms with Crippen molar-refractivity contribution in [2.24, 2.45) is 11.3 Å². The van der Waals surface area contributed by atoms with Crippen LogP contribution in [0.4, 0.5) is 0 Å². The minimum atomic E-state index is -0.504. The molecule has 3 aliphatic rings. The fourth-order valence-electron chi connectivity index (χ4n) is 6.08. The monoisotopic (exact) mass is 572 g/mol.